The van der Waals surface area contributed by atoms with Crippen LogP contribution in [0.1, 0.15) is 41.0 Å². The molecule has 0 radical (unpaired) electrons. The molecule has 0 aliphatic heterocycles. The number of hydrogen-bond donors (Lipinski definition) is 0. The molecule has 0 fully saturated rings. The number of hydrogen-bond acceptors (Lipinski definition) is 1. The second-order valence-electron chi connectivity index (χ2n) is 6.14. The van der Waals surface area contributed by atoms with Crippen LogP contribution in [0.3, 0.4) is 0 Å². The summed E-state index contributed by atoms with van der Waals surface area (Å²) in [6, 6.07) is 0. The molecule has 0 aliphatic rings. The van der Waals surface area contributed by atoms with Crippen LogP contribution in [0.4, 0.5) is 0 Å². The van der Waals surface area contributed by atoms with Gasteiger partial charge >= 0.3 is 0 Å². The van der Waals surface area contributed by atoms with Gasteiger partial charge in [-0.1, -0.05) is 40.7 Å². The predicted octanol–water partition coefficient (Wildman–Crippen LogP) is 6.05. The molecule has 0 N–H and O–H groups in total. The zero-order valence-electron chi connectivity index (χ0n) is 12.1. The molecule has 0 amide bonds. The molecule has 102 valence electrons. The first kappa shape index (κ1) is 17.9. The molecule has 0 aromatic rings. The minimum Gasteiger partial charge on any atom is -0.413 e. The van der Waals surface area contributed by atoms with Gasteiger partial charge in [0.05, 0.1) is 9.50 Å². The van der Waals surface area contributed by atoms with Crippen LogP contribution < -0.4 is 0 Å². The molecule has 0 saturated heterocycles. The first-order valence-corrected chi connectivity index (χ1v) is 10.7. The summed E-state index contributed by atoms with van der Waals surface area (Å²) < 4.78 is 7.48. The van der Waals surface area contributed by atoms with E-state index in [1.165, 1.54) is 0 Å². The Bertz CT molecular complexity index is 265. The van der Waals surface area contributed by atoms with E-state index < -0.39 is 8.32 Å². The van der Waals surface area contributed by atoms with Crippen molar-refractivity contribution in [3.05, 3.63) is 9.47 Å². The zero-order valence-corrected chi connectivity index (χ0v) is 16.3. The maximum Gasteiger partial charge on any atom is 0.192 e. The van der Waals surface area contributed by atoms with E-state index in [1.807, 2.05) is 0 Å². The third-order valence-electron chi connectivity index (χ3n) is 3.63. The van der Waals surface area contributed by atoms with Crippen LogP contribution in [-0.4, -0.2) is 14.4 Å². The molecule has 0 aromatic heterocycles. The second kappa shape index (κ2) is 6.87. The van der Waals surface area contributed by atoms with E-state index in [0.29, 0.717) is 12.0 Å². The fraction of sp³-hybridized carbons (Fsp3) is 0.846. The van der Waals surface area contributed by atoms with E-state index in [9.17, 15) is 0 Å². The highest BCUT2D eigenvalue weighted by molar-refractivity contribution is 9.28. The average molecular weight is 386 g/mol. The van der Waals surface area contributed by atoms with Crippen molar-refractivity contribution < 1.29 is 4.43 Å². The van der Waals surface area contributed by atoms with Crippen molar-refractivity contribution in [2.45, 2.75) is 65.3 Å². The van der Waals surface area contributed by atoms with E-state index in [0.717, 1.165) is 9.81 Å². The summed E-state index contributed by atoms with van der Waals surface area (Å²) in [5.74, 6) is 0.419. The van der Waals surface area contributed by atoms with Crippen molar-refractivity contribution in [3.63, 3.8) is 0 Å². The first-order chi connectivity index (χ1) is 7.51. The lowest BCUT2D eigenvalue weighted by Gasteiger charge is -2.40. The fourth-order valence-electron chi connectivity index (χ4n) is 1.42. The van der Waals surface area contributed by atoms with Crippen LogP contribution in [0, 0.1) is 5.92 Å². The lowest BCUT2D eigenvalue weighted by atomic mass is 10.0. The highest BCUT2D eigenvalue weighted by atomic mass is 79.9. The molecule has 0 aromatic carbocycles. The van der Waals surface area contributed by atoms with Crippen molar-refractivity contribution in [2.24, 2.45) is 5.92 Å². The Morgan fingerprint density at radius 2 is 1.76 bits per heavy atom. The van der Waals surface area contributed by atoms with Gasteiger partial charge in [-0.15, -0.1) is 0 Å². The lowest BCUT2D eigenvalue weighted by molar-refractivity contribution is 0.141. The Kier molecular flexibility index (Phi) is 7.23. The molecule has 0 heterocycles. The van der Waals surface area contributed by atoms with Gasteiger partial charge in [-0.25, -0.2) is 0 Å². The SMILES string of the molecule is CC[C@H](O[Si](C)(C)C(C)(C)C)[C@H](C)C=C(Br)Br. The summed E-state index contributed by atoms with van der Waals surface area (Å²) in [7, 11) is -1.66. The van der Waals surface area contributed by atoms with Crippen LogP contribution in [-0.2, 0) is 4.43 Å². The normalized spacial score (nSPS) is 16.5. The molecule has 17 heavy (non-hydrogen) atoms. The Balaban J connectivity index is 4.78. The average Bonchev–Trinajstić information content (AvgIpc) is 2.10. The van der Waals surface area contributed by atoms with Crippen molar-refractivity contribution >= 4 is 40.2 Å². The maximum absolute atomic E-state index is 6.47. The van der Waals surface area contributed by atoms with Gasteiger partial charge in [-0.3, -0.25) is 0 Å². The number of halogens is 2. The molecule has 0 rings (SSSR count). The lowest BCUT2D eigenvalue weighted by Crippen LogP contribution is -2.45. The van der Waals surface area contributed by atoms with E-state index in [2.05, 4.69) is 85.6 Å². The van der Waals surface area contributed by atoms with Crippen LogP contribution in [0.2, 0.25) is 18.1 Å². The van der Waals surface area contributed by atoms with Gasteiger partial charge in [0.2, 0.25) is 0 Å². The summed E-state index contributed by atoms with van der Waals surface area (Å²) in [4.78, 5) is 0. The molecular formula is C13H26Br2OSi. The smallest absolute Gasteiger partial charge is 0.192 e. The Morgan fingerprint density at radius 1 is 1.29 bits per heavy atom. The molecule has 1 nitrogen and oxygen atoms in total. The summed E-state index contributed by atoms with van der Waals surface area (Å²) in [6.07, 6.45) is 3.53. The van der Waals surface area contributed by atoms with Crippen LogP contribution >= 0.6 is 31.9 Å². The molecule has 0 unspecified atom stereocenters. The van der Waals surface area contributed by atoms with E-state index in [-0.39, 0.29) is 5.04 Å². The van der Waals surface area contributed by atoms with Gasteiger partial charge in [-0.2, -0.15) is 0 Å². The molecule has 0 aliphatic carbocycles. The monoisotopic (exact) mass is 384 g/mol. The van der Waals surface area contributed by atoms with Gasteiger partial charge in [0, 0.05) is 5.92 Å². The largest absolute Gasteiger partial charge is 0.413 e. The summed E-state index contributed by atoms with van der Waals surface area (Å²) in [5.41, 5.74) is 0. The standard InChI is InChI=1S/C13H26Br2OSi/c1-8-11(10(2)9-12(14)15)16-17(6,7)13(3,4)5/h9-11H,8H2,1-7H3/t10-,11+/m1/s1. The Morgan fingerprint density at radius 3 is 2.06 bits per heavy atom. The van der Waals surface area contributed by atoms with E-state index in [1.54, 1.807) is 0 Å². The second-order valence-corrected chi connectivity index (χ2v) is 13.7. The summed E-state index contributed by atoms with van der Waals surface area (Å²) in [5, 5.41) is 0.273. The van der Waals surface area contributed by atoms with Crippen molar-refractivity contribution in [3.8, 4) is 0 Å². The zero-order chi connectivity index (χ0) is 13.9. The molecule has 0 bridgehead atoms. The topological polar surface area (TPSA) is 9.23 Å². The van der Waals surface area contributed by atoms with E-state index >= 15 is 0 Å². The third-order valence-corrected chi connectivity index (χ3v) is 8.66. The highest BCUT2D eigenvalue weighted by Crippen LogP contribution is 2.38. The third kappa shape index (κ3) is 6.04. The number of rotatable bonds is 5. The minimum atomic E-state index is -1.66. The maximum atomic E-state index is 6.47. The van der Waals surface area contributed by atoms with Gasteiger partial charge in [0.15, 0.2) is 8.32 Å². The Hall–Kier alpha value is 0.877. The van der Waals surface area contributed by atoms with Crippen LogP contribution in [0.5, 0.6) is 0 Å². The van der Waals surface area contributed by atoms with Gasteiger partial charge in [0.25, 0.3) is 0 Å². The molecule has 2 atom stereocenters. The van der Waals surface area contributed by atoms with Crippen molar-refractivity contribution in [1.82, 2.24) is 0 Å². The van der Waals surface area contributed by atoms with Gasteiger partial charge in [0.1, 0.15) is 0 Å². The van der Waals surface area contributed by atoms with Crippen molar-refractivity contribution in [2.75, 3.05) is 0 Å². The van der Waals surface area contributed by atoms with Gasteiger partial charge in [-0.05, 0) is 56.4 Å². The highest BCUT2D eigenvalue weighted by Gasteiger charge is 2.39. The molecule has 0 saturated carbocycles. The predicted molar refractivity (Wildman–Crippen MR) is 87.5 cm³/mol. The van der Waals surface area contributed by atoms with Crippen LogP contribution in [0.15, 0.2) is 9.47 Å². The first-order valence-electron chi connectivity index (χ1n) is 6.22. The fourth-order valence-corrected chi connectivity index (χ4v) is 3.75. The van der Waals surface area contributed by atoms with Crippen LogP contribution in [0.25, 0.3) is 0 Å². The minimum absolute atomic E-state index is 0.273. The summed E-state index contributed by atoms with van der Waals surface area (Å²) in [6.45, 7) is 15.9. The van der Waals surface area contributed by atoms with Crippen molar-refractivity contribution in [1.29, 1.82) is 0 Å². The Labute approximate surface area is 125 Å². The molecular weight excluding hydrogens is 360 g/mol. The summed E-state index contributed by atoms with van der Waals surface area (Å²) >= 11 is 6.85. The molecule has 0 spiro atoms. The van der Waals surface area contributed by atoms with E-state index in [4.69, 9.17) is 4.43 Å². The molecule has 4 heteroatoms. The van der Waals surface area contributed by atoms with Gasteiger partial charge < -0.3 is 4.43 Å². The quantitative estimate of drug-likeness (QED) is 0.523.